The van der Waals surface area contributed by atoms with Gasteiger partial charge in [-0.1, -0.05) is 30.3 Å². The second-order valence-corrected chi connectivity index (χ2v) is 3.84. The molecule has 54 valence electrons. The molecule has 10 heavy (non-hydrogen) atoms. The number of hydrogen-bond acceptors (Lipinski definition) is 2. The average Bonchev–Trinajstić information content (AvgIpc) is 2.05. The third kappa shape index (κ3) is 1.67. The first-order chi connectivity index (χ1) is 4.84. The minimum Gasteiger partial charge on any atom is -0.410 e. The highest BCUT2D eigenvalue weighted by Gasteiger charge is 2.06. The van der Waals surface area contributed by atoms with Gasteiger partial charge in [-0.15, -0.1) is 0 Å². The zero-order valence-electron chi connectivity index (χ0n) is 5.82. The van der Waals surface area contributed by atoms with Crippen LogP contribution in [0.1, 0.15) is 0 Å². The van der Waals surface area contributed by atoms with Crippen LogP contribution in [0.3, 0.4) is 0 Å². The lowest BCUT2D eigenvalue weighted by molar-refractivity contribution is 0.341. The zero-order chi connectivity index (χ0) is 7.40. The summed E-state index contributed by atoms with van der Waals surface area (Å²) in [5.74, 6) is 0. The van der Waals surface area contributed by atoms with Gasteiger partial charge in [0.2, 0.25) is 0 Å². The standard InChI is InChI=1S/C7H10O2Si/c1-9-10(8)7-5-3-2-4-6-7/h2-6,8,10H,1H3. The Balaban J connectivity index is 2.75. The van der Waals surface area contributed by atoms with Crippen LogP contribution in [-0.4, -0.2) is 21.2 Å². The largest absolute Gasteiger partial charge is 0.410 e. The lowest BCUT2D eigenvalue weighted by Crippen LogP contribution is -2.31. The maximum Gasteiger partial charge on any atom is 0.352 e. The van der Waals surface area contributed by atoms with Crippen LogP contribution in [0.25, 0.3) is 0 Å². The maximum atomic E-state index is 9.25. The van der Waals surface area contributed by atoms with Crippen molar-refractivity contribution in [3.63, 3.8) is 0 Å². The summed E-state index contributed by atoms with van der Waals surface area (Å²) in [4.78, 5) is 9.25. The molecule has 0 heterocycles. The first kappa shape index (κ1) is 7.46. The van der Waals surface area contributed by atoms with Gasteiger partial charge in [-0.05, 0) is 5.19 Å². The van der Waals surface area contributed by atoms with Crippen LogP contribution in [0.2, 0.25) is 0 Å². The smallest absolute Gasteiger partial charge is 0.352 e. The molecule has 1 N–H and O–H groups in total. The minimum atomic E-state index is -2.04. The summed E-state index contributed by atoms with van der Waals surface area (Å²) >= 11 is 0. The molecule has 3 heteroatoms. The Kier molecular flexibility index (Phi) is 2.62. The van der Waals surface area contributed by atoms with Gasteiger partial charge in [0.05, 0.1) is 0 Å². The molecule has 0 saturated heterocycles. The van der Waals surface area contributed by atoms with Crippen LogP contribution in [0, 0.1) is 0 Å². The van der Waals surface area contributed by atoms with Crippen molar-refractivity contribution in [2.24, 2.45) is 0 Å². The summed E-state index contributed by atoms with van der Waals surface area (Å²) in [6.07, 6.45) is 0. The molecule has 0 amide bonds. The molecular formula is C7H10O2Si. The van der Waals surface area contributed by atoms with Crippen LogP contribution in [0.5, 0.6) is 0 Å². The fourth-order valence-electron chi connectivity index (χ4n) is 0.754. The molecule has 1 unspecified atom stereocenters. The molecule has 0 aliphatic heterocycles. The molecule has 0 bridgehead atoms. The zero-order valence-corrected chi connectivity index (χ0v) is 6.97. The first-order valence-corrected chi connectivity index (χ1v) is 4.67. The molecule has 0 aliphatic carbocycles. The van der Waals surface area contributed by atoms with Crippen molar-refractivity contribution in [1.82, 2.24) is 0 Å². The SMILES string of the molecule is CO[SiH](O)c1ccccc1. The normalized spacial score (nSPS) is 13.0. The molecule has 0 spiro atoms. The van der Waals surface area contributed by atoms with E-state index in [0.717, 1.165) is 5.19 Å². The van der Waals surface area contributed by atoms with Crippen molar-refractivity contribution in [3.8, 4) is 0 Å². The Bertz CT molecular complexity index is 188. The highest BCUT2D eigenvalue weighted by Crippen LogP contribution is 1.85. The van der Waals surface area contributed by atoms with Gasteiger partial charge >= 0.3 is 9.28 Å². The van der Waals surface area contributed by atoms with E-state index in [-0.39, 0.29) is 0 Å². The van der Waals surface area contributed by atoms with Crippen molar-refractivity contribution < 1.29 is 9.22 Å². The van der Waals surface area contributed by atoms with Gasteiger partial charge in [-0.2, -0.15) is 0 Å². The van der Waals surface area contributed by atoms with E-state index in [2.05, 4.69) is 0 Å². The van der Waals surface area contributed by atoms with Crippen molar-refractivity contribution in [2.75, 3.05) is 7.11 Å². The first-order valence-electron chi connectivity index (χ1n) is 3.10. The molecular weight excluding hydrogens is 144 g/mol. The van der Waals surface area contributed by atoms with E-state index < -0.39 is 9.28 Å². The van der Waals surface area contributed by atoms with Crippen molar-refractivity contribution in [3.05, 3.63) is 30.3 Å². The van der Waals surface area contributed by atoms with Crippen molar-refractivity contribution in [2.45, 2.75) is 0 Å². The minimum absolute atomic E-state index is 0.921. The second-order valence-electron chi connectivity index (χ2n) is 2.00. The van der Waals surface area contributed by atoms with Crippen LogP contribution in [-0.2, 0) is 4.43 Å². The summed E-state index contributed by atoms with van der Waals surface area (Å²) in [5, 5.41) is 0.921. The van der Waals surface area contributed by atoms with E-state index in [1.807, 2.05) is 30.3 Å². The molecule has 2 nitrogen and oxygen atoms in total. The predicted octanol–water partition coefficient (Wildman–Crippen LogP) is -0.247. The Morgan fingerprint density at radius 1 is 1.30 bits per heavy atom. The van der Waals surface area contributed by atoms with E-state index >= 15 is 0 Å². The van der Waals surface area contributed by atoms with Crippen LogP contribution >= 0.6 is 0 Å². The van der Waals surface area contributed by atoms with Crippen LogP contribution < -0.4 is 5.19 Å². The van der Waals surface area contributed by atoms with Crippen molar-refractivity contribution >= 4 is 14.5 Å². The predicted molar refractivity (Wildman–Crippen MR) is 42.5 cm³/mol. The van der Waals surface area contributed by atoms with Gasteiger partial charge < -0.3 is 9.22 Å². The lowest BCUT2D eigenvalue weighted by atomic mass is 10.4. The second kappa shape index (κ2) is 3.51. The van der Waals surface area contributed by atoms with Gasteiger partial charge in [-0.3, -0.25) is 0 Å². The van der Waals surface area contributed by atoms with E-state index in [0.29, 0.717) is 0 Å². The highest BCUT2D eigenvalue weighted by molar-refractivity contribution is 6.59. The fourth-order valence-corrected chi connectivity index (χ4v) is 1.58. The Labute approximate surface area is 61.9 Å². The van der Waals surface area contributed by atoms with E-state index in [4.69, 9.17) is 4.43 Å². The molecule has 0 fully saturated rings. The topological polar surface area (TPSA) is 29.5 Å². The summed E-state index contributed by atoms with van der Waals surface area (Å²) in [5.41, 5.74) is 0. The summed E-state index contributed by atoms with van der Waals surface area (Å²) in [6, 6.07) is 9.45. The maximum absolute atomic E-state index is 9.25. The molecule has 1 aromatic carbocycles. The molecule has 1 aromatic rings. The van der Waals surface area contributed by atoms with Crippen LogP contribution in [0.15, 0.2) is 30.3 Å². The van der Waals surface area contributed by atoms with E-state index in [1.165, 1.54) is 7.11 Å². The average molecular weight is 154 g/mol. The third-order valence-corrected chi connectivity index (χ3v) is 2.71. The summed E-state index contributed by atoms with van der Waals surface area (Å²) < 4.78 is 4.83. The Hall–Kier alpha value is -0.643. The van der Waals surface area contributed by atoms with Gasteiger partial charge in [0.15, 0.2) is 0 Å². The third-order valence-electron chi connectivity index (χ3n) is 1.31. The Morgan fingerprint density at radius 2 is 1.90 bits per heavy atom. The Morgan fingerprint density at radius 3 is 2.40 bits per heavy atom. The summed E-state index contributed by atoms with van der Waals surface area (Å²) in [6.45, 7) is 0. The van der Waals surface area contributed by atoms with E-state index in [1.54, 1.807) is 0 Å². The van der Waals surface area contributed by atoms with Crippen LogP contribution in [0.4, 0.5) is 0 Å². The molecule has 1 rings (SSSR count). The summed E-state index contributed by atoms with van der Waals surface area (Å²) in [7, 11) is -0.508. The molecule has 0 aromatic heterocycles. The molecule has 1 atom stereocenters. The molecule has 0 saturated carbocycles. The van der Waals surface area contributed by atoms with Gasteiger partial charge in [0.25, 0.3) is 0 Å². The van der Waals surface area contributed by atoms with Crippen molar-refractivity contribution in [1.29, 1.82) is 0 Å². The number of benzene rings is 1. The lowest BCUT2D eigenvalue weighted by Gasteiger charge is -2.03. The highest BCUT2D eigenvalue weighted by atomic mass is 28.3. The van der Waals surface area contributed by atoms with E-state index in [9.17, 15) is 4.80 Å². The van der Waals surface area contributed by atoms with Gasteiger partial charge in [-0.25, -0.2) is 0 Å². The quantitative estimate of drug-likeness (QED) is 0.595. The fraction of sp³-hybridized carbons (Fsp3) is 0.143. The number of hydrogen-bond donors (Lipinski definition) is 1. The number of rotatable bonds is 2. The monoisotopic (exact) mass is 154 g/mol. The van der Waals surface area contributed by atoms with Gasteiger partial charge in [0.1, 0.15) is 0 Å². The molecule has 0 aliphatic rings. The van der Waals surface area contributed by atoms with Gasteiger partial charge in [0, 0.05) is 7.11 Å². The molecule has 0 radical (unpaired) electrons.